The van der Waals surface area contributed by atoms with Crippen molar-refractivity contribution in [3.63, 3.8) is 0 Å². The normalized spacial score (nSPS) is 11.9. The Hall–Kier alpha value is -1.68. The first-order valence-corrected chi connectivity index (χ1v) is 6.58. The molecule has 0 heterocycles. The summed E-state index contributed by atoms with van der Waals surface area (Å²) in [4.78, 5) is 12.1. The Kier molecular flexibility index (Phi) is 4.32. The zero-order valence-corrected chi connectivity index (χ0v) is 11.9. The van der Waals surface area contributed by atoms with Crippen molar-refractivity contribution in [2.45, 2.75) is 13.0 Å². The summed E-state index contributed by atoms with van der Waals surface area (Å²) in [5, 5.41) is 0. The molecule has 0 radical (unpaired) electrons. The van der Waals surface area contributed by atoms with Gasteiger partial charge in [-0.1, -0.05) is 30.3 Å². The fourth-order valence-corrected chi connectivity index (χ4v) is 2.10. The minimum absolute atomic E-state index is 0.114. The van der Waals surface area contributed by atoms with E-state index < -0.39 is 6.10 Å². The van der Waals surface area contributed by atoms with Crippen molar-refractivity contribution in [2.75, 3.05) is 0 Å². The van der Waals surface area contributed by atoms with Crippen LogP contribution in [0.15, 0.2) is 53.0 Å². The van der Waals surface area contributed by atoms with Gasteiger partial charge in [0.05, 0.1) is 4.47 Å². The van der Waals surface area contributed by atoms with Crippen LogP contribution in [0.5, 0.6) is 5.75 Å². The first-order valence-electron chi connectivity index (χ1n) is 5.79. The van der Waals surface area contributed by atoms with Gasteiger partial charge in [-0.25, -0.2) is 4.39 Å². The van der Waals surface area contributed by atoms with Gasteiger partial charge in [-0.15, -0.1) is 0 Å². The van der Waals surface area contributed by atoms with E-state index in [0.29, 0.717) is 15.8 Å². The number of hydrogen-bond acceptors (Lipinski definition) is 2. The summed E-state index contributed by atoms with van der Waals surface area (Å²) in [5.41, 5.74) is 0.591. The Balaban J connectivity index is 2.13. The largest absolute Gasteiger partial charge is 0.481 e. The maximum atomic E-state index is 13.0. The lowest BCUT2D eigenvalue weighted by atomic mass is 10.1. The molecule has 0 aliphatic heterocycles. The van der Waals surface area contributed by atoms with Gasteiger partial charge in [-0.2, -0.15) is 0 Å². The van der Waals surface area contributed by atoms with Crippen LogP contribution in [0.4, 0.5) is 4.39 Å². The first-order chi connectivity index (χ1) is 9.08. The molecular weight excluding hydrogens is 311 g/mol. The van der Waals surface area contributed by atoms with Gasteiger partial charge >= 0.3 is 0 Å². The van der Waals surface area contributed by atoms with E-state index in [9.17, 15) is 9.18 Å². The van der Waals surface area contributed by atoms with E-state index in [2.05, 4.69) is 15.9 Å². The third-order valence-electron chi connectivity index (χ3n) is 2.63. The third kappa shape index (κ3) is 3.41. The monoisotopic (exact) mass is 322 g/mol. The fourth-order valence-electron chi connectivity index (χ4n) is 1.65. The number of carbonyl (C=O) groups excluding carboxylic acids is 1. The van der Waals surface area contributed by atoms with Crippen LogP contribution in [0, 0.1) is 5.82 Å². The Bertz CT molecular complexity index is 584. The van der Waals surface area contributed by atoms with Crippen molar-refractivity contribution in [3.05, 3.63) is 64.4 Å². The maximum absolute atomic E-state index is 13.0. The van der Waals surface area contributed by atoms with E-state index in [1.807, 2.05) is 6.07 Å². The molecule has 2 nitrogen and oxygen atoms in total. The lowest BCUT2D eigenvalue weighted by molar-refractivity contribution is 0.0817. The third-order valence-corrected chi connectivity index (χ3v) is 3.24. The number of Topliss-reactive ketones (excluding diaryl/α,β-unsaturated/α-hetero) is 1. The SMILES string of the molecule is C[C@H](Oc1ccc(F)cc1Br)C(=O)c1ccccc1. The molecule has 0 saturated carbocycles. The molecular formula is C15H12BrFO2. The Morgan fingerprint density at radius 2 is 1.89 bits per heavy atom. The minimum Gasteiger partial charge on any atom is -0.481 e. The lowest BCUT2D eigenvalue weighted by Crippen LogP contribution is -2.24. The number of ketones is 1. The van der Waals surface area contributed by atoms with Crippen molar-refractivity contribution < 1.29 is 13.9 Å². The first kappa shape index (κ1) is 13.7. The van der Waals surface area contributed by atoms with Gasteiger partial charge in [0.25, 0.3) is 0 Å². The summed E-state index contributed by atoms with van der Waals surface area (Å²) < 4.78 is 19.0. The molecule has 0 spiro atoms. The van der Waals surface area contributed by atoms with Gasteiger partial charge in [0.15, 0.2) is 6.10 Å². The predicted molar refractivity (Wildman–Crippen MR) is 75.0 cm³/mol. The average molecular weight is 323 g/mol. The van der Waals surface area contributed by atoms with Gasteiger partial charge in [-0.3, -0.25) is 4.79 Å². The second-order valence-electron chi connectivity index (χ2n) is 4.07. The van der Waals surface area contributed by atoms with Gasteiger partial charge in [0.2, 0.25) is 5.78 Å². The van der Waals surface area contributed by atoms with Crippen LogP contribution in [0.1, 0.15) is 17.3 Å². The van der Waals surface area contributed by atoms with E-state index in [1.54, 1.807) is 31.2 Å². The van der Waals surface area contributed by atoms with Crippen LogP contribution in [-0.4, -0.2) is 11.9 Å². The molecule has 98 valence electrons. The summed E-state index contributed by atoms with van der Waals surface area (Å²) in [6.45, 7) is 1.67. The number of hydrogen-bond donors (Lipinski definition) is 0. The number of carbonyl (C=O) groups is 1. The molecule has 0 unspecified atom stereocenters. The van der Waals surface area contributed by atoms with Crippen LogP contribution in [-0.2, 0) is 0 Å². The number of benzene rings is 2. The second kappa shape index (κ2) is 5.97. The van der Waals surface area contributed by atoms with E-state index in [4.69, 9.17) is 4.74 Å². The van der Waals surface area contributed by atoms with Crippen molar-refractivity contribution in [3.8, 4) is 5.75 Å². The molecule has 0 bridgehead atoms. The highest BCUT2D eigenvalue weighted by Gasteiger charge is 2.17. The molecule has 4 heteroatoms. The molecule has 0 aromatic heterocycles. The molecule has 2 aromatic carbocycles. The zero-order valence-electron chi connectivity index (χ0n) is 10.3. The van der Waals surface area contributed by atoms with Crippen molar-refractivity contribution in [1.82, 2.24) is 0 Å². The topological polar surface area (TPSA) is 26.3 Å². The molecule has 0 saturated heterocycles. The molecule has 0 fully saturated rings. The predicted octanol–water partition coefficient (Wildman–Crippen LogP) is 4.24. The van der Waals surface area contributed by atoms with Gasteiger partial charge in [-0.05, 0) is 41.1 Å². The van der Waals surface area contributed by atoms with E-state index in [1.165, 1.54) is 18.2 Å². The van der Waals surface area contributed by atoms with E-state index in [0.717, 1.165) is 0 Å². The van der Waals surface area contributed by atoms with Crippen LogP contribution in [0.3, 0.4) is 0 Å². The highest BCUT2D eigenvalue weighted by molar-refractivity contribution is 9.10. The molecule has 0 aliphatic rings. The van der Waals surface area contributed by atoms with Crippen molar-refractivity contribution >= 4 is 21.7 Å². The Morgan fingerprint density at radius 1 is 1.21 bits per heavy atom. The summed E-state index contributed by atoms with van der Waals surface area (Å²) in [6, 6.07) is 13.0. The van der Waals surface area contributed by atoms with E-state index >= 15 is 0 Å². The average Bonchev–Trinajstić information content (AvgIpc) is 2.42. The summed E-state index contributed by atoms with van der Waals surface area (Å²) in [5.74, 6) is -0.0312. The molecule has 19 heavy (non-hydrogen) atoms. The molecule has 1 atom stereocenters. The van der Waals surface area contributed by atoms with E-state index in [-0.39, 0.29) is 11.6 Å². The van der Waals surface area contributed by atoms with Gasteiger partial charge in [0, 0.05) is 5.56 Å². The van der Waals surface area contributed by atoms with Crippen LogP contribution >= 0.6 is 15.9 Å². The molecule has 2 rings (SSSR count). The number of halogens is 2. The van der Waals surface area contributed by atoms with Gasteiger partial charge < -0.3 is 4.74 Å². The second-order valence-corrected chi connectivity index (χ2v) is 4.92. The highest BCUT2D eigenvalue weighted by Crippen LogP contribution is 2.26. The molecule has 0 amide bonds. The van der Waals surface area contributed by atoms with Crippen molar-refractivity contribution in [2.24, 2.45) is 0 Å². The Labute approximate surface area is 119 Å². The highest BCUT2D eigenvalue weighted by atomic mass is 79.9. The quantitative estimate of drug-likeness (QED) is 0.787. The number of rotatable bonds is 4. The Morgan fingerprint density at radius 3 is 2.53 bits per heavy atom. The smallest absolute Gasteiger partial charge is 0.202 e. The zero-order chi connectivity index (χ0) is 13.8. The van der Waals surface area contributed by atoms with Crippen LogP contribution < -0.4 is 4.74 Å². The molecule has 0 aliphatic carbocycles. The lowest BCUT2D eigenvalue weighted by Gasteiger charge is -2.14. The van der Waals surface area contributed by atoms with Crippen molar-refractivity contribution in [1.29, 1.82) is 0 Å². The standard InChI is InChI=1S/C15H12BrFO2/c1-10(15(18)11-5-3-2-4-6-11)19-14-8-7-12(17)9-13(14)16/h2-10H,1H3/t10-/m0/s1. The maximum Gasteiger partial charge on any atom is 0.202 e. The minimum atomic E-state index is -0.635. The molecule has 0 N–H and O–H groups in total. The molecule has 2 aromatic rings. The number of ether oxygens (including phenoxy) is 1. The summed E-state index contributed by atoms with van der Waals surface area (Å²) in [6.07, 6.45) is -0.635. The van der Waals surface area contributed by atoms with Gasteiger partial charge in [0.1, 0.15) is 11.6 Å². The fraction of sp³-hybridized carbons (Fsp3) is 0.133. The van der Waals surface area contributed by atoms with Crippen LogP contribution in [0.2, 0.25) is 0 Å². The van der Waals surface area contributed by atoms with Crippen LogP contribution in [0.25, 0.3) is 0 Å². The summed E-state index contributed by atoms with van der Waals surface area (Å²) in [7, 11) is 0. The summed E-state index contributed by atoms with van der Waals surface area (Å²) >= 11 is 3.20.